The van der Waals surface area contributed by atoms with Gasteiger partial charge in [0.2, 0.25) is 0 Å². The fraction of sp³-hybridized carbons (Fsp3) is 0.647. The molecule has 1 aromatic rings. The molecule has 0 aliphatic heterocycles. The van der Waals surface area contributed by atoms with Crippen LogP contribution in [0.2, 0.25) is 0 Å². The van der Waals surface area contributed by atoms with Crippen molar-refractivity contribution in [2.45, 2.75) is 45.2 Å². The molecule has 0 spiro atoms. The quantitative estimate of drug-likeness (QED) is 0.877. The SMILES string of the molecule is CCC1CCC(N)C(CN(C)Cc2ccccc2Br)C1. The van der Waals surface area contributed by atoms with Crippen molar-refractivity contribution in [1.29, 1.82) is 0 Å². The topological polar surface area (TPSA) is 29.3 Å². The summed E-state index contributed by atoms with van der Waals surface area (Å²) in [5, 5.41) is 0. The number of nitrogens with two attached hydrogens (primary N) is 1. The smallest absolute Gasteiger partial charge is 0.0242 e. The summed E-state index contributed by atoms with van der Waals surface area (Å²) < 4.78 is 1.20. The van der Waals surface area contributed by atoms with Crippen molar-refractivity contribution < 1.29 is 0 Å². The van der Waals surface area contributed by atoms with E-state index in [1.165, 1.54) is 35.7 Å². The van der Waals surface area contributed by atoms with Gasteiger partial charge in [-0.25, -0.2) is 0 Å². The molecule has 3 unspecified atom stereocenters. The Morgan fingerprint density at radius 1 is 1.30 bits per heavy atom. The number of benzene rings is 1. The molecule has 2 rings (SSSR count). The van der Waals surface area contributed by atoms with Gasteiger partial charge in [0.1, 0.15) is 0 Å². The Bertz CT molecular complexity index is 421. The Hall–Kier alpha value is -0.380. The van der Waals surface area contributed by atoms with Crippen LogP contribution in [0.25, 0.3) is 0 Å². The molecule has 112 valence electrons. The van der Waals surface area contributed by atoms with Gasteiger partial charge in [-0.1, -0.05) is 47.5 Å². The Labute approximate surface area is 131 Å². The molecule has 0 radical (unpaired) electrons. The molecule has 3 atom stereocenters. The molecular weight excluding hydrogens is 312 g/mol. The molecule has 2 nitrogen and oxygen atoms in total. The summed E-state index contributed by atoms with van der Waals surface area (Å²) in [4.78, 5) is 2.42. The van der Waals surface area contributed by atoms with Crippen molar-refractivity contribution in [3.63, 3.8) is 0 Å². The van der Waals surface area contributed by atoms with E-state index in [2.05, 4.69) is 59.1 Å². The van der Waals surface area contributed by atoms with Crippen LogP contribution < -0.4 is 5.73 Å². The van der Waals surface area contributed by atoms with E-state index in [1.807, 2.05) is 0 Å². The second-order valence-electron chi connectivity index (χ2n) is 6.30. The summed E-state index contributed by atoms with van der Waals surface area (Å²) in [6.07, 6.45) is 5.13. The summed E-state index contributed by atoms with van der Waals surface area (Å²) in [6.45, 7) is 4.41. The predicted molar refractivity (Wildman–Crippen MR) is 89.6 cm³/mol. The molecule has 0 saturated heterocycles. The van der Waals surface area contributed by atoms with Crippen LogP contribution in [-0.4, -0.2) is 24.5 Å². The molecule has 20 heavy (non-hydrogen) atoms. The maximum absolute atomic E-state index is 6.33. The van der Waals surface area contributed by atoms with E-state index in [4.69, 9.17) is 5.73 Å². The van der Waals surface area contributed by atoms with Gasteiger partial charge >= 0.3 is 0 Å². The lowest BCUT2D eigenvalue weighted by Gasteiger charge is -2.36. The minimum absolute atomic E-state index is 0.388. The molecule has 1 aliphatic carbocycles. The van der Waals surface area contributed by atoms with E-state index < -0.39 is 0 Å². The maximum Gasteiger partial charge on any atom is 0.0242 e. The van der Waals surface area contributed by atoms with Crippen molar-refractivity contribution in [3.8, 4) is 0 Å². The van der Waals surface area contributed by atoms with Gasteiger partial charge in [-0.2, -0.15) is 0 Å². The zero-order valence-corrected chi connectivity index (χ0v) is 14.3. The third-order valence-electron chi connectivity index (χ3n) is 4.67. The molecule has 1 fully saturated rings. The largest absolute Gasteiger partial charge is 0.327 e. The number of halogens is 1. The monoisotopic (exact) mass is 338 g/mol. The highest BCUT2D eigenvalue weighted by molar-refractivity contribution is 9.10. The first-order valence-corrected chi connectivity index (χ1v) is 8.57. The summed E-state index contributed by atoms with van der Waals surface area (Å²) >= 11 is 3.63. The van der Waals surface area contributed by atoms with Crippen molar-refractivity contribution in [3.05, 3.63) is 34.3 Å². The first-order chi connectivity index (χ1) is 9.60. The molecule has 2 N–H and O–H groups in total. The van der Waals surface area contributed by atoms with E-state index in [0.29, 0.717) is 12.0 Å². The number of hydrogen-bond donors (Lipinski definition) is 1. The van der Waals surface area contributed by atoms with Gasteiger partial charge in [0.15, 0.2) is 0 Å². The molecule has 3 heteroatoms. The molecule has 1 saturated carbocycles. The van der Waals surface area contributed by atoms with Crippen molar-refractivity contribution in [2.24, 2.45) is 17.6 Å². The first kappa shape index (κ1) is 16.0. The highest BCUT2D eigenvalue weighted by Crippen LogP contribution is 2.31. The Balaban J connectivity index is 1.90. The van der Waals surface area contributed by atoms with Crippen LogP contribution >= 0.6 is 15.9 Å². The summed E-state index contributed by atoms with van der Waals surface area (Å²) in [6, 6.07) is 8.86. The lowest BCUT2D eigenvalue weighted by molar-refractivity contribution is 0.168. The number of rotatable bonds is 5. The molecule has 1 aliphatic rings. The van der Waals surface area contributed by atoms with Crippen LogP contribution in [0.1, 0.15) is 38.2 Å². The van der Waals surface area contributed by atoms with Gasteiger partial charge in [-0.3, -0.25) is 0 Å². The zero-order valence-electron chi connectivity index (χ0n) is 12.7. The van der Waals surface area contributed by atoms with Crippen molar-refractivity contribution in [1.82, 2.24) is 4.90 Å². The fourth-order valence-corrected chi connectivity index (χ4v) is 3.76. The average Bonchev–Trinajstić information content (AvgIpc) is 2.44. The van der Waals surface area contributed by atoms with Crippen LogP contribution in [-0.2, 0) is 6.54 Å². The maximum atomic E-state index is 6.33. The fourth-order valence-electron chi connectivity index (χ4n) is 3.35. The second kappa shape index (κ2) is 7.58. The van der Waals surface area contributed by atoms with Crippen molar-refractivity contribution >= 4 is 15.9 Å². The van der Waals surface area contributed by atoms with Gasteiger partial charge in [0.05, 0.1) is 0 Å². The van der Waals surface area contributed by atoms with Gasteiger partial charge in [0, 0.05) is 23.6 Å². The van der Waals surface area contributed by atoms with Crippen LogP contribution in [0.3, 0.4) is 0 Å². The number of nitrogens with zero attached hydrogens (tertiary/aromatic N) is 1. The average molecular weight is 339 g/mol. The second-order valence-corrected chi connectivity index (χ2v) is 7.15. The van der Waals surface area contributed by atoms with Crippen molar-refractivity contribution in [2.75, 3.05) is 13.6 Å². The van der Waals surface area contributed by atoms with E-state index in [9.17, 15) is 0 Å². The third kappa shape index (κ3) is 4.31. The molecule has 1 aromatic carbocycles. The van der Waals surface area contributed by atoms with Gasteiger partial charge in [-0.15, -0.1) is 0 Å². The Morgan fingerprint density at radius 2 is 2.05 bits per heavy atom. The summed E-state index contributed by atoms with van der Waals surface area (Å²) in [5.74, 6) is 1.54. The molecule has 0 heterocycles. The standard InChI is InChI=1S/C17H27BrN2/c1-3-13-8-9-17(19)15(10-13)12-20(2)11-14-6-4-5-7-16(14)18/h4-7,13,15,17H,3,8-12,19H2,1-2H3. The van der Waals surface area contributed by atoms with E-state index in [1.54, 1.807) is 0 Å². The highest BCUT2D eigenvalue weighted by Gasteiger charge is 2.28. The van der Waals surface area contributed by atoms with Gasteiger partial charge in [0.25, 0.3) is 0 Å². The van der Waals surface area contributed by atoms with E-state index in [0.717, 1.165) is 19.0 Å². The van der Waals surface area contributed by atoms with E-state index >= 15 is 0 Å². The van der Waals surface area contributed by atoms with Gasteiger partial charge in [-0.05, 0) is 49.8 Å². The molecule has 0 bridgehead atoms. The third-order valence-corrected chi connectivity index (χ3v) is 5.45. The van der Waals surface area contributed by atoms with Crippen LogP contribution in [0.4, 0.5) is 0 Å². The normalized spacial score (nSPS) is 26.9. The van der Waals surface area contributed by atoms with Crippen LogP contribution in [0.15, 0.2) is 28.7 Å². The predicted octanol–water partition coefficient (Wildman–Crippen LogP) is 4.03. The molecule has 0 amide bonds. The van der Waals surface area contributed by atoms with Crippen LogP contribution in [0, 0.1) is 11.8 Å². The zero-order chi connectivity index (χ0) is 14.5. The minimum atomic E-state index is 0.388. The first-order valence-electron chi connectivity index (χ1n) is 7.77. The Morgan fingerprint density at radius 3 is 2.75 bits per heavy atom. The summed E-state index contributed by atoms with van der Waals surface area (Å²) in [7, 11) is 2.21. The van der Waals surface area contributed by atoms with E-state index in [-0.39, 0.29) is 0 Å². The summed E-state index contributed by atoms with van der Waals surface area (Å²) in [5.41, 5.74) is 7.68. The lowest BCUT2D eigenvalue weighted by atomic mass is 9.77. The molecule has 0 aromatic heterocycles. The van der Waals surface area contributed by atoms with Crippen LogP contribution in [0.5, 0.6) is 0 Å². The molecular formula is C17H27BrN2. The highest BCUT2D eigenvalue weighted by atomic mass is 79.9. The number of hydrogen-bond acceptors (Lipinski definition) is 2. The minimum Gasteiger partial charge on any atom is -0.327 e. The lowest BCUT2D eigenvalue weighted by Crippen LogP contribution is -2.42. The van der Waals surface area contributed by atoms with Gasteiger partial charge < -0.3 is 10.6 Å². The Kier molecular flexibility index (Phi) is 6.06.